The molecule has 3 N–H and O–H groups in total. The molecule has 3 aromatic carbocycles. The Morgan fingerprint density at radius 2 is 1.88 bits per heavy atom. The topological polar surface area (TPSA) is 87.7 Å². The fourth-order valence-electron chi connectivity index (χ4n) is 3.68. The van der Waals surface area contributed by atoms with Crippen LogP contribution in [0.5, 0.6) is 5.75 Å². The monoisotopic (exact) mass is 472 g/mol. The summed E-state index contributed by atoms with van der Waals surface area (Å²) < 4.78 is 33.8. The summed E-state index contributed by atoms with van der Waals surface area (Å²) in [6, 6.07) is 20.8. The van der Waals surface area contributed by atoms with E-state index in [4.69, 9.17) is 16.3 Å². The van der Waals surface area contributed by atoms with Crippen LogP contribution in [-0.4, -0.2) is 32.7 Å². The van der Waals surface area contributed by atoms with E-state index in [2.05, 4.69) is 10.0 Å². The van der Waals surface area contributed by atoms with Gasteiger partial charge in [0.25, 0.3) is 10.0 Å². The van der Waals surface area contributed by atoms with E-state index in [1.807, 2.05) is 18.2 Å². The first-order valence-corrected chi connectivity index (χ1v) is 12.3. The maximum atomic E-state index is 12.5. The molecular weight excluding hydrogens is 448 g/mol. The lowest BCUT2D eigenvalue weighted by Gasteiger charge is -2.27. The third-order valence-corrected chi connectivity index (χ3v) is 6.97. The van der Waals surface area contributed by atoms with Gasteiger partial charge in [0.15, 0.2) is 0 Å². The number of fused-ring (bicyclic) bond motifs is 1. The van der Waals surface area contributed by atoms with Crippen LogP contribution >= 0.6 is 11.6 Å². The number of aliphatic hydroxyl groups excluding tert-OH is 1. The summed E-state index contributed by atoms with van der Waals surface area (Å²) in [5.74, 6) is 0.751. The van der Waals surface area contributed by atoms with Crippen LogP contribution in [0.1, 0.15) is 23.7 Å². The molecule has 1 heterocycles. The fourth-order valence-corrected chi connectivity index (χ4v) is 4.95. The van der Waals surface area contributed by atoms with Crippen molar-refractivity contribution < 1.29 is 18.3 Å². The minimum atomic E-state index is -3.63. The van der Waals surface area contributed by atoms with Crippen LogP contribution in [0.2, 0.25) is 5.02 Å². The molecule has 0 fully saturated rings. The highest BCUT2D eigenvalue weighted by Crippen LogP contribution is 2.31. The highest BCUT2D eigenvalue weighted by atomic mass is 35.5. The molecule has 32 heavy (non-hydrogen) atoms. The van der Waals surface area contributed by atoms with Crippen LogP contribution in [0.15, 0.2) is 77.7 Å². The number of ether oxygens (including phenoxy) is 1. The van der Waals surface area contributed by atoms with Gasteiger partial charge in [-0.15, -0.1) is 0 Å². The Balaban J connectivity index is 1.32. The van der Waals surface area contributed by atoms with E-state index in [1.165, 1.54) is 0 Å². The van der Waals surface area contributed by atoms with Crippen LogP contribution in [0.3, 0.4) is 0 Å². The Morgan fingerprint density at radius 1 is 1.06 bits per heavy atom. The largest absolute Gasteiger partial charge is 0.489 e. The summed E-state index contributed by atoms with van der Waals surface area (Å²) in [4.78, 5) is 0.222. The van der Waals surface area contributed by atoms with E-state index in [-0.39, 0.29) is 11.0 Å². The van der Waals surface area contributed by atoms with Crippen LogP contribution in [-0.2, 0) is 16.4 Å². The molecule has 0 aliphatic carbocycles. The van der Waals surface area contributed by atoms with Gasteiger partial charge in [-0.25, -0.2) is 8.42 Å². The van der Waals surface area contributed by atoms with Crippen molar-refractivity contribution >= 4 is 27.3 Å². The average molecular weight is 473 g/mol. The summed E-state index contributed by atoms with van der Waals surface area (Å²) in [7, 11) is -3.63. The van der Waals surface area contributed by atoms with Gasteiger partial charge in [0, 0.05) is 23.8 Å². The zero-order valence-corrected chi connectivity index (χ0v) is 18.9. The average Bonchev–Trinajstić information content (AvgIpc) is 2.79. The second kappa shape index (κ2) is 9.92. The van der Waals surface area contributed by atoms with Gasteiger partial charge in [-0.05, 0) is 66.4 Å². The molecule has 2 atom stereocenters. The molecule has 1 aliphatic rings. The summed E-state index contributed by atoms with van der Waals surface area (Å²) in [5, 5.41) is 14.2. The molecule has 1 aliphatic heterocycles. The van der Waals surface area contributed by atoms with Gasteiger partial charge in [-0.2, -0.15) is 0 Å². The van der Waals surface area contributed by atoms with E-state index < -0.39 is 16.1 Å². The molecule has 2 unspecified atom stereocenters. The molecule has 3 aromatic rings. The molecule has 0 saturated carbocycles. The van der Waals surface area contributed by atoms with Crippen molar-refractivity contribution in [2.75, 3.05) is 17.8 Å². The van der Waals surface area contributed by atoms with Crippen molar-refractivity contribution in [1.82, 2.24) is 5.32 Å². The highest BCUT2D eigenvalue weighted by molar-refractivity contribution is 7.92. The van der Waals surface area contributed by atoms with Gasteiger partial charge in [0.2, 0.25) is 0 Å². The predicted octanol–water partition coefficient (Wildman–Crippen LogP) is 4.16. The van der Waals surface area contributed by atoms with Gasteiger partial charge in [0.1, 0.15) is 11.9 Å². The molecule has 0 bridgehead atoms. The van der Waals surface area contributed by atoms with Gasteiger partial charge in [0.05, 0.1) is 11.0 Å². The molecule has 0 amide bonds. The molecule has 0 saturated heterocycles. The van der Waals surface area contributed by atoms with E-state index >= 15 is 0 Å². The lowest BCUT2D eigenvalue weighted by Crippen LogP contribution is -2.36. The number of benzene rings is 3. The molecule has 8 heteroatoms. The first-order chi connectivity index (χ1) is 15.4. The maximum Gasteiger partial charge on any atom is 0.261 e. The van der Waals surface area contributed by atoms with Crippen molar-refractivity contribution in [3.63, 3.8) is 0 Å². The number of hydrogen-bond acceptors (Lipinski definition) is 5. The molecule has 0 aromatic heterocycles. The van der Waals surface area contributed by atoms with E-state index in [1.54, 1.807) is 54.6 Å². The quantitative estimate of drug-likeness (QED) is 0.458. The van der Waals surface area contributed by atoms with Gasteiger partial charge in [-0.3, -0.25) is 4.72 Å². The van der Waals surface area contributed by atoms with Crippen molar-refractivity contribution in [1.29, 1.82) is 0 Å². The van der Waals surface area contributed by atoms with Crippen molar-refractivity contribution in [2.24, 2.45) is 0 Å². The Labute approximate surface area is 193 Å². The second-order valence-electron chi connectivity index (χ2n) is 7.75. The third kappa shape index (κ3) is 5.61. The standard InChI is InChI=1S/C24H25ClN2O4S/c25-19-6-4-5-17(13-19)23(28)16-26-15-21-11-9-18-14-20(10-12-24(18)31-21)27-32(29,30)22-7-2-1-3-8-22/h1-8,10,12-14,21,23,26-28H,9,11,15-16H2. The van der Waals surface area contributed by atoms with Crippen molar-refractivity contribution in [3.05, 3.63) is 88.9 Å². The normalized spacial score (nSPS) is 16.6. The smallest absolute Gasteiger partial charge is 0.261 e. The molecule has 0 spiro atoms. The Bertz CT molecular complexity index is 1170. The number of hydrogen-bond donors (Lipinski definition) is 3. The predicted molar refractivity (Wildman–Crippen MR) is 126 cm³/mol. The van der Waals surface area contributed by atoms with Crippen molar-refractivity contribution in [3.8, 4) is 5.75 Å². The lowest BCUT2D eigenvalue weighted by atomic mass is 10.0. The zero-order chi connectivity index (χ0) is 22.6. The SMILES string of the molecule is O=S(=O)(Nc1ccc2c(c1)CCC(CNCC(O)c1cccc(Cl)c1)O2)c1ccccc1. The number of nitrogens with one attached hydrogen (secondary N) is 2. The van der Waals surface area contributed by atoms with Gasteiger partial charge in [-0.1, -0.05) is 41.9 Å². The van der Waals surface area contributed by atoms with E-state index in [0.29, 0.717) is 23.8 Å². The highest BCUT2D eigenvalue weighted by Gasteiger charge is 2.21. The summed E-state index contributed by atoms with van der Waals surface area (Å²) in [6.45, 7) is 0.993. The Kier molecular flexibility index (Phi) is 7.01. The van der Waals surface area contributed by atoms with Crippen LogP contribution < -0.4 is 14.8 Å². The lowest BCUT2D eigenvalue weighted by molar-refractivity contribution is 0.146. The van der Waals surface area contributed by atoms with Crippen LogP contribution in [0.25, 0.3) is 0 Å². The zero-order valence-electron chi connectivity index (χ0n) is 17.4. The Hall–Kier alpha value is -2.58. The number of anilines is 1. The molecule has 4 rings (SSSR count). The van der Waals surface area contributed by atoms with Crippen molar-refractivity contribution in [2.45, 2.75) is 29.9 Å². The number of rotatable bonds is 8. The third-order valence-electron chi connectivity index (χ3n) is 5.34. The van der Waals surface area contributed by atoms with Gasteiger partial charge >= 0.3 is 0 Å². The molecular formula is C24H25ClN2O4S. The fraction of sp³-hybridized carbons (Fsp3) is 0.250. The first-order valence-electron chi connectivity index (χ1n) is 10.4. The van der Waals surface area contributed by atoms with Crippen LogP contribution in [0.4, 0.5) is 5.69 Å². The number of aliphatic hydroxyl groups is 1. The van der Waals surface area contributed by atoms with Crippen LogP contribution in [0, 0.1) is 0 Å². The maximum absolute atomic E-state index is 12.5. The molecule has 168 valence electrons. The summed E-state index contributed by atoms with van der Waals surface area (Å²) >= 11 is 5.98. The number of aryl methyl sites for hydroxylation is 1. The number of sulfonamides is 1. The summed E-state index contributed by atoms with van der Waals surface area (Å²) in [6.07, 6.45) is 0.896. The summed E-state index contributed by atoms with van der Waals surface area (Å²) in [5.41, 5.74) is 2.25. The Morgan fingerprint density at radius 3 is 2.66 bits per heavy atom. The minimum absolute atomic E-state index is 0.0269. The molecule has 6 nitrogen and oxygen atoms in total. The van der Waals surface area contributed by atoms with E-state index in [9.17, 15) is 13.5 Å². The van der Waals surface area contributed by atoms with E-state index in [0.717, 1.165) is 29.7 Å². The first kappa shape index (κ1) is 22.6. The second-order valence-corrected chi connectivity index (χ2v) is 9.87. The minimum Gasteiger partial charge on any atom is -0.489 e. The molecule has 0 radical (unpaired) electrons. The number of halogens is 1. The van der Waals surface area contributed by atoms with Gasteiger partial charge < -0.3 is 15.2 Å².